The molecule has 12 heteroatoms. The summed E-state index contributed by atoms with van der Waals surface area (Å²) in [4.78, 5) is 14.9. The first-order valence-corrected chi connectivity index (χ1v) is 16.8. The first-order valence-electron chi connectivity index (χ1n) is 16.8. The molecule has 0 radical (unpaired) electrons. The van der Waals surface area contributed by atoms with Gasteiger partial charge in [0, 0.05) is 36.2 Å². The fourth-order valence-corrected chi connectivity index (χ4v) is 6.27. The van der Waals surface area contributed by atoms with Gasteiger partial charge in [-0.3, -0.25) is 0 Å². The van der Waals surface area contributed by atoms with Crippen LogP contribution in [0.2, 0.25) is 0 Å². The topological polar surface area (TPSA) is 180 Å². The normalized spacial score (nSPS) is 15.2. The highest BCUT2D eigenvalue weighted by Crippen LogP contribution is 2.44. The quantitative estimate of drug-likeness (QED) is 0.0661. The zero-order chi connectivity index (χ0) is 37.8. The summed E-state index contributed by atoms with van der Waals surface area (Å²) in [5.41, 5.74) is 6.93. The fourth-order valence-electron chi connectivity index (χ4n) is 6.27. The Bertz CT molecular complexity index is 2160. The summed E-state index contributed by atoms with van der Waals surface area (Å²) < 4.78 is 11.4. The number of carbonyl (C=O) groups is 1. The third-order valence-electron chi connectivity index (χ3n) is 8.93. The van der Waals surface area contributed by atoms with Crippen molar-refractivity contribution in [3.8, 4) is 46.0 Å². The van der Waals surface area contributed by atoms with Crippen molar-refractivity contribution >= 4 is 36.1 Å². The number of rotatable bonds is 6. The summed E-state index contributed by atoms with van der Waals surface area (Å²) in [6, 6.07) is 25.4. The van der Waals surface area contributed by atoms with Crippen LogP contribution in [-0.4, -0.2) is 73.4 Å². The Balaban J connectivity index is 0.000000221. The van der Waals surface area contributed by atoms with E-state index in [0.717, 1.165) is 31.2 Å². The van der Waals surface area contributed by atoms with E-state index in [1.54, 1.807) is 0 Å². The van der Waals surface area contributed by atoms with Gasteiger partial charge in [0.2, 0.25) is 0 Å². The molecule has 0 saturated heterocycles. The van der Waals surface area contributed by atoms with Crippen molar-refractivity contribution in [2.24, 2.45) is 0 Å². The molecule has 0 fully saturated rings. The summed E-state index contributed by atoms with van der Waals surface area (Å²) in [7, 11) is 4.24. The molecule has 0 spiro atoms. The van der Waals surface area contributed by atoms with E-state index in [1.165, 1.54) is 52.1 Å². The molecule has 7 rings (SSSR count). The maximum absolute atomic E-state index is 12.7. The van der Waals surface area contributed by atoms with E-state index in [0.29, 0.717) is 5.56 Å². The van der Waals surface area contributed by atoms with E-state index in [-0.39, 0.29) is 53.0 Å². The highest BCUT2D eigenvalue weighted by Gasteiger charge is 2.37. The average molecular weight is 754 g/mol. The summed E-state index contributed by atoms with van der Waals surface area (Å²) in [5.74, 6) is -4.43. The Morgan fingerprint density at radius 3 is 1.96 bits per heavy atom. The lowest BCUT2D eigenvalue weighted by Gasteiger charge is -2.34. The zero-order valence-corrected chi connectivity index (χ0v) is 30.2. The number of nitrogens with zero attached hydrogens (tertiary/aromatic N) is 1. The highest BCUT2D eigenvalue weighted by molar-refractivity contribution is 5.94. The van der Waals surface area contributed by atoms with Gasteiger partial charge in [-0.05, 0) is 72.6 Å². The highest BCUT2D eigenvalue weighted by atomic mass is 35.5. The van der Waals surface area contributed by atoms with E-state index in [4.69, 9.17) is 9.47 Å². The molecular weight excluding hydrogens is 714 g/mol. The number of hydrogen-bond acceptors (Lipinski definition) is 11. The van der Waals surface area contributed by atoms with Crippen molar-refractivity contribution in [1.82, 2.24) is 4.90 Å². The second kappa shape index (κ2) is 16.6. The van der Waals surface area contributed by atoms with Crippen LogP contribution in [0.25, 0.3) is 17.7 Å². The minimum absolute atomic E-state index is 0. The second-order valence-corrected chi connectivity index (χ2v) is 13.0. The SMILES string of the molecule is CN(C)CCC=C1c2ccccc2C=Cc2ccccc21.Cl.O=C(OC1Cc2c(O)cc(O)cc2OC1c1ccc(O)c(O)c1)c1cc(O)c(O)c(O)c1. The molecule has 54 heavy (non-hydrogen) atoms. The standard InChI is InChI=1S/C22H18O10.C20H21N.ClH/c23-11-6-14(25)12-8-19(32-22(30)10-4-16(27)20(29)17(28)5-10)21(31-18(12)7-11)9-1-2-13(24)15(26)3-9;1-21(2)15-7-12-20-18-10-5-3-8-16(18)13-14-17-9-4-6-11-19(17)20;/h1-7,19,21,23-29H,8H2;3-6,8-14H,7,15H2,1-2H3;1H. The molecule has 0 saturated carbocycles. The van der Waals surface area contributed by atoms with Gasteiger partial charge in [0.15, 0.2) is 34.9 Å². The Morgan fingerprint density at radius 1 is 0.759 bits per heavy atom. The molecule has 280 valence electrons. The lowest BCUT2D eigenvalue weighted by Crippen LogP contribution is -2.34. The molecular formula is C42H40ClNO10. The van der Waals surface area contributed by atoms with E-state index < -0.39 is 41.2 Å². The minimum atomic E-state index is -1.06. The number of aromatic hydroxyl groups is 7. The van der Waals surface area contributed by atoms with Gasteiger partial charge in [-0.1, -0.05) is 72.8 Å². The predicted molar refractivity (Wildman–Crippen MR) is 207 cm³/mol. The molecule has 1 aliphatic heterocycles. The molecule has 2 atom stereocenters. The van der Waals surface area contributed by atoms with Crippen LogP contribution in [0.3, 0.4) is 0 Å². The molecule has 11 nitrogen and oxygen atoms in total. The van der Waals surface area contributed by atoms with Crippen LogP contribution in [-0.2, 0) is 11.2 Å². The number of phenols is 7. The van der Waals surface area contributed by atoms with Crippen molar-refractivity contribution in [3.63, 3.8) is 0 Å². The second-order valence-electron chi connectivity index (χ2n) is 13.0. The van der Waals surface area contributed by atoms with Gasteiger partial charge in [-0.2, -0.15) is 0 Å². The third-order valence-corrected chi connectivity index (χ3v) is 8.93. The lowest BCUT2D eigenvalue weighted by atomic mass is 9.93. The number of halogens is 1. The number of benzene rings is 5. The van der Waals surface area contributed by atoms with Gasteiger partial charge in [0.25, 0.3) is 0 Å². The molecule has 7 N–H and O–H groups in total. The van der Waals surface area contributed by atoms with E-state index >= 15 is 0 Å². The molecule has 0 bridgehead atoms. The Hall–Kier alpha value is -6.30. The summed E-state index contributed by atoms with van der Waals surface area (Å²) in [6.45, 7) is 1.07. The van der Waals surface area contributed by atoms with Crippen LogP contribution in [0, 0.1) is 0 Å². The zero-order valence-electron chi connectivity index (χ0n) is 29.4. The molecule has 0 aromatic heterocycles. The van der Waals surface area contributed by atoms with Crippen molar-refractivity contribution in [2.45, 2.75) is 25.0 Å². The van der Waals surface area contributed by atoms with Crippen molar-refractivity contribution in [3.05, 3.63) is 136 Å². The van der Waals surface area contributed by atoms with Crippen molar-refractivity contribution in [1.29, 1.82) is 0 Å². The van der Waals surface area contributed by atoms with Crippen molar-refractivity contribution < 1.29 is 50.0 Å². The molecule has 5 aromatic carbocycles. The predicted octanol–water partition coefficient (Wildman–Crippen LogP) is 7.50. The number of ether oxygens (including phenoxy) is 2. The molecule has 1 heterocycles. The Kier molecular flexibility index (Phi) is 11.9. The van der Waals surface area contributed by atoms with Gasteiger partial charge in [0.05, 0.1) is 5.56 Å². The molecule has 5 aromatic rings. The maximum Gasteiger partial charge on any atom is 0.338 e. The number of esters is 1. The van der Waals surface area contributed by atoms with Crippen molar-refractivity contribution in [2.75, 3.05) is 20.6 Å². The van der Waals surface area contributed by atoms with Gasteiger partial charge >= 0.3 is 5.97 Å². The van der Waals surface area contributed by atoms with Crippen LogP contribution in [0.4, 0.5) is 0 Å². The van der Waals surface area contributed by atoms with Gasteiger partial charge < -0.3 is 50.1 Å². The number of carbonyl (C=O) groups excluding carboxylic acids is 1. The smallest absolute Gasteiger partial charge is 0.338 e. The Morgan fingerprint density at radius 2 is 1.37 bits per heavy atom. The largest absolute Gasteiger partial charge is 0.508 e. The van der Waals surface area contributed by atoms with Crippen LogP contribution < -0.4 is 4.74 Å². The number of phenolic OH excluding ortho intramolecular Hbond substituents is 7. The molecule has 0 amide bonds. The van der Waals surface area contributed by atoms with Gasteiger partial charge in [-0.15, -0.1) is 12.4 Å². The van der Waals surface area contributed by atoms with Crippen LogP contribution >= 0.6 is 12.4 Å². The minimum Gasteiger partial charge on any atom is -0.508 e. The molecule has 1 aliphatic carbocycles. The van der Waals surface area contributed by atoms with E-state index in [9.17, 15) is 40.5 Å². The maximum atomic E-state index is 12.7. The number of fused-ring (bicyclic) bond motifs is 3. The fraction of sp³-hybridized carbons (Fsp3) is 0.167. The van der Waals surface area contributed by atoms with Crippen LogP contribution in [0.5, 0.6) is 46.0 Å². The lowest BCUT2D eigenvalue weighted by molar-refractivity contribution is -0.0189. The molecule has 2 aliphatic rings. The van der Waals surface area contributed by atoms with E-state index in [1.807, 2.05) is 0 Å². The summed E-state index contributed by atoms with van der Waals surface area (Å²) >= 11 is 0. The first-order chi connectivity index (χ1) is 25.4. The summed E-state index contributed by atoms with van der Waals surface area (Å²) in [6.07, 6.45) is 5.76. The van der Waals surface area contributed by atoms with E-state index in [2.05, 4.69) is 85.8 Å². The average Bonchev–Trinajstić information content (AvgIpc) is 3.28. The Labute approximate surface area is 318 Å². The van der Waals surface area contributed by atoms with Gasteiger partial charge in [0.1, 0.15) is 23.4 Å². The third kappa shape index (κ3) is 8.49. The van der Waals surface area contributed by atoms with Crippen LogP contribution in [0.1, 0.15) is 56.3 Å². The number of hydrogen-bond donors (Lipinski definition) is 7. The molecule has 2 unspecified atom stereocenters. The summed E-state index contributed by atoms with van der Waals surface area (Å²) in [5, 5.41) is 68.2. The van der Waals surface area contributed by atoms with Crippen LogP contribution in [0.15, 0.2) is 97.1 Å². The first kappa shape index (κ1) is 38.9. The van der Waals surface area contributed by atoms with Gasteiger partial charge in [-0.25, -0.2) is 4.79 Å². The monoisotopic (exact) mass is 753 g/mol.